The molecule has 0 aromatic carbocycles. The van der Waals surface area contributed by atoms with Gasteiger partial charge in [-0.1, -0.05) is 0 Å². The molecule has 0 unspecified atom stereocenters. The number of aryl methyl sites for hydroxylation is 1. The zero-order valence-corrected chi connectivity index (χ0v) is 14.6. The van der Waals surface area contributed by atoms with Crippen molar-refractivity contribution in [1.82, 2.24) is 24.9 Å². The van der Waals surface area contributed by atoms with Gasteiger partial charge < -0.3 is 4.90 Å². The summed E-state index contributed by atoms with van der Waals surface area (Å²) in [6.07, 6.45) is 8.25. The minimum absolute atomic E-state index is 0.0271. The maximum Gasteiger partial charge on any atom is 0.257 e. The standard InChI is InChI=1S/C15H21N5O3S/c1-19-10-12(7-17-19)15(21)20-5-3-4-11(9-20)6-13-14(8-16-18-13)24(2,22)23/h7-8,10-11H,3-6,9H2,1-2H3,(H,16,18)/t11-/m1/s1. The van der Waals surface area contributed by atoms with Gasteiger partial charge in [0.1, 0.15) is 4.90 Å². The maximum atomic E-state index is 12.5. The predicted octanol–water partition coefficient (Wildman–Crippen LogP) is 0.642. The first-order valence-electron chi connectivity index (χ1n) is 7.85. The molecule has 0 saturated carbocycles. The van der Waals surface area contributed by atoms with Gasteiger partial charge >= 0.3 is 0 Å². The van der Waals surface area contributed by atoms with Crippen LogP contribution in [0.1, 0.15) is 28.9 Å². The summed E-state index contributed by atoms with van der Waals surface area (Å²) in [5, 5.41) is 10.7. The number of H-pyrrole nitrogens is 1. The molecule has 0 bridgehead atoms. The van der Waals surface area contributed by atoms with Crippen molar-refractivity contribution in [2.75, 3.05) is 19.3 Å². The van der Waals surface area contributed by atoms with Gasteiger partial charge in [0.2, 0.25) is 0 Å². The zero-order chi connectivity index (χ0) is 17.3. The van der Waals surface area contributed by atoms with Crippen molar-refractivity contribution in [3.05, 3.63) is 29.8 Å². The lowest BCUT2D eigenvalue weighted by atomic mass is 9.93. The highest BCUT2D eigenvalue weighted by atomic mass is 32.2. The Balaban J connectivity index is 1.70. The van der Waals surface area contributed by atoms with E-state index in [1.807, 2.05) is 4.90 Å². The van der Waals surface area contributed by atoms with E-state index in [4.69, 9.17) is 0 Å². The van der Waals surface area contributed by atoms with E-state index in [1.54, 1.807) is 24.1 Å². The lowest BCUT2D eigenvalue weighted by Crippen LogP contribution is -2.40. The Morgan fingerprint density at radius 1 is 1.42 bits per heavy atom. The van der Waals surface area contributed by atoms with Gasteiger partial charge in [-0.2, -0.15) is 10.2 Å². The summed E-state index contributed by atoms with van der Waals surface area (Å²) >= 11 is 0. The molecule has 1 N–H and O–H groups in total. The highest BCUT2D eigenvalue weighted by Crippen LogP contribution is 2.24. The molecule has 3 heterocycles. The van der Waals surface area contributed by atoms with Crippen LogP contribution >= 0.6 is 0 Å². The molecule has 9 heteroatoms. The van der Waals surface area contributed by atoms with E-state index >= 15 is 0 Å². The fourth-order valence-corrected chi connectivity index (χ4v) is 4.01. The van der Waals surface area contributed by atoms with Gasteiger partial charge in [0.25, 0.3) is 5.91 Å². The second-order valence-corrected chi connectivity index (χ2v) is 8.34. The number of nitrogens with zero attached hydrogens (tertiary/aromatic N) is 4. The molecule has 0 radical (unpaired) electrons. The molecule has 0 spiro atoms. The average Bonchev–Trinajstić information content (AvgIpc) is 3.15. The number of carbonyl (C=O) groups excluding carboxylic acids is 1. The summed E-state index contributed by atoms with van der Waals surface area (Å²) in [6, 6.07) is 0. The van der Waals surface area contributed by atoms with E-state index in [-0.39, 0.29) is 16.7 Å². The largest absolute Gasteiger partial charge is 0.338 e. The minimum atomic E-state index is -3.30. The van der Waals surface area contributed by atoms with Gasteiger partial charge in [0.15, 0.2) is 9.84 Å². The van der Waals surface area contributed by atoms with Gasteiger partial charge in [-0.25, -0.2) is 8.42 Å². The van der Waals surface area contributed by atoms with E-state index in [2.05, 4.69) is 15.3 Å². The molecule has 1 aliphatic heterocycles. The Hall–Kier alpha value is -2.16. The third kappa shape index (κ3) is 3.50. The number of carbonyl (C=O) groups is 1. The lowest BCUT2D eigenvalue weighted by Gasteiger charge is -2.32. The Morgan fingerprint density at radius 2 is 2.21 bits per heavy atom. The summed E-state index contributed by atoms with van der Waals surface area (Å²) in [7, 11) is -1.52. The third-order valence-electron chi connectivity index (χ3n) is 4.33. The van der Waals surface area contributed by atoms with Crippen LogP contribution in [-0.2, 0) is 23.3 Å². The number of aromatic amines is 1. The number of hydrogen-bond acceptors (Lipinski definition) is 5. The van der Waals surface area contributed by atoms with Crippen molar-refractivity contribution in [2.24, 2.45) is 13.0 Å². The van der Waals surface area contributed by atoms with Crippen LogP contribution in [0.15, 0.2) is 23.5 Å². The van der Waals surface area contributed by atoms with Crippen molar-refractivity contribution >= 4 is 15.7 Å². The Morgan fingerprint density at radius 3 is 2.88 bits per heavy atom. The first-order chi connectivity index (χ1) is 11.3. The van der Waals surface area contributed by atoms with Crippen LogP contribution in [0.4, 0.5) is 0 Å². The first kappa shape index (κ1) is 16.7. The Labute approximate surface area is 140 Å². The summed E-state index contributed by atoms with van der Waals surface area (Å²) in [5.41, 5.74) is 1.20. The van der Waals surface area contributed by atoms with Crippen LogP contribution in [0.2, 0.25) is 0 Å². The van der Waals surface area contributed by atoms with Crippen molar-refractivity contribution in [3.8, 4) is 0 Å². The quantitative estimate of drug-likeness (QED) is 0.871. The number of aromatic nitrogens is 4. The number of nitrogens with one attached hydrogen (secondary N) is 1. The summed E-state index contributed by atoms with van der Waals surface area (Å²) in [4.78, 5) is 14.6. The second kappa shape index (κ2) is 6.39. The monoisotopic (exact) mass is 351 g/mol. The molecule has 1 amide bonds. The number of sulfone groups is 1. The normalized spacial score (nSPS) is 18.8. The predicted molar refractivity (Wildman–Crippen MR) is 87.2 cm³/mol. The van der Waals surface area contributed by atoms with E-state index in [1.165, 1.54) is 12.5 Å². The highest BCUT2D eigenvalue weighted by Gasteiger charge is 2.27. The number of amides is 1. The van der Waals surface area contributed by atoms with E-state index < -0.39 is 9.84 Å². The van der Waals surface area contributed by atoms with Gasteiger partial charge in [-0.05, 0) is 25.2 Å². The van der Waals surface area contributed by atoms with Crippen LogP contribution in [0.25, 0.3) is 0 Å². The molecule has 24 heavy (non-hydrogen) atoms. The maximum absolute atomic E-state index is 12.5. The highest BCUT2D eigenvalue weighted by molar-refractivity contribution is 7.90. The van der Waals surface area contributed by atoms with Gasteiger partial charge in [0, 0.05) is 32.6 Å². The molecule has 1 atom stereocenters. The van der Waals surface area contributed by atoms with Crippen LogP contribution < -0.4 is 0 Å². The number of piperidine rings is 1. The van der Waals surface area contributed by atoms with Gasteiger partial charge in [-0.3, -0.25) is 14.6 Å². The number of hydrogen-bond donors (Lipinski definition) is 1. The fraction of sp³-hybridized carbons (Fsp3) is 0.533. The summed E-state index contributed by atoms with van der Waals surface area (Å²) in [6.45, 7) is 1.32. The minimum Gasteiger partial charge on any atom is -0.338 e. The van der Waals surface area contributed by atoms with Crippen molar-refractivity contribution in [2.45, 2.75) is 24.2 Å². The summed E-state index contributed by atoms with van der Waals surface area (Å²) in [5.74, 6) is 0.182. The third-order valence-corrected chi connectivity index (χ3v) is 5.48. The molecule has 1 saturated heterocycles. The first-order valence-corrected chi connectivity index (χ1v) is 9.74. The molecule has 2 aromatic rings. The zero-order valence-electron chi connectivity index (χ0n) is 13.8. The molecular weight excluding hydrogens is 330 g/mol. The van der Waals surface area contributed by atoms with Crippen LogP contribution in [0.3, 0.4) is 0 Å². The molecular formula is C15H21N5O3S. The van der Waals surface area contributed by atoms with E-state index in [0.717, 1.165) is 12.8 Å². The van der Waals surface area contributed by atoms with Gasteiger partial charge in [0.05, 0.1) is 23.7 Å². The Kier molecular flexibility index (Phi) is 4.44. The second-order valence-electron chi connectivity index (χ2n) is 6.35. The summed E-state index contributed by atoms with van der Waals surface area (Å²) < 4.78 is 25.2. The average molecular weight is 351 g/mol. The van der Waals surface area contributed by atoms with Crippen molar-refractivity contribution in [3.63, 3.8) is 0 Å². The molecule has 8 nitrogen and oxygen atoms in total. The van der Waals surface area contributed by atoms with Crippen LogP contribution in [0, 0.1) is 5.92 Å². The van der Waals surface area contributed by atoms with Crippen LogP contribution in [-0.4, -0.2) is 58.5 Å². The Bertz CT molecular complexity index is 839. The molecule has 1 fully saturated rings. The number of rotatable bonds is 4. The van der Waals surface area contributed by atoms with Crippen molar-refractivity contribution in [1.29, 1.82) is 0 Å². The topological polar surface area (TPSA) is 101 Å². The lowest BCUT2D eigenvalue weighted by molar-refractivity contribution is 0.0672. The smallest absolute Gasteiger partial charge is 0.257 e. The van der Waals surface area contributed by atoms with Gasteiger partial charge in [-0.15, -0.1) is 0 Å². The van der Waals surface area contributed by atoms with Crippen molar-refractivity contribution < 1.29 is 13.2 Å². The molecule has 3 rings (SSSR count). The fourth-order valence-electron chi connectivity index (χ4n) is 3.19. The molecule has 0 aliphatic carbocycles. The molecule has 1 aliphatic rings. The molecule has 130 valence electrons. The SMILES string of the molecule is Cn1cc(C(=O)N2CCC[C@H](Cc3[nH]ncc3S(C)(=O)=O)C2)cn1. The van der Waals surface area contributed by atoms with Crippen LogP contribution in [0.5, 0.6) is 0 Å². The van der Waals surface area contributed by atoms with E-state index in [9.17, 15) is 13.2 Å². The number of likely N-dealkylation sites (tertiary alicyclic amines) is 1. The molecule has 2 aromatic heterocycles. The van der Waals surface area contributed by atoms with E-state index in [0.29, 0.717) is 30.8 Å².